The zero-order valence-corrected chi connectivity index (χ0v) is 11.1. The minimum absolute atomic E-state index is 0.671. The van der Waals surface area contributed by atoms with E-state index in [-0.39, 0.29) is 0 Å². The summed E-state index contributed by atoms with van der Waals surface area (Å²) in [6.07, 6.45) is 2.75. The van der Waals surface area contributed by atoms with E-state index in [0.29, 0.717) is 6.42 Å². The molecule has 2 heteroatoms. The van der Waals surface area contributed by atoms with Gasteiger partial charge in [0.15, 0.2) is 0 Å². The maximum atomic E-state index is 8.43. The summed E-state index contributed by atoms with van der Waals surface area (Å²) in [4.78, 5) is 0. The van der Waals surface area contributed by atoms with Crippen LogP contribution in [0.1, 0.15) is 41.5 Å². The van der Waals surface area contributed by atoms with Gasteiger partial charge in [-0.2, -0.15) is 5.26 Å². The molecular formula is C15H22N2. The number of nitriles is 1. The Balaban J connectivity index is 2.39. The van der Waals surface area contributed by atoms with Gasteiger partial charge in [0.25, 0.3) is 0 Å². The second-order valence-electron chi connectivity index (χ2n) is 4.67. The fourth-order valence-electron chi connectivity index (χ4n) is 2.16. The van der Waals surface area contributed by atoms with Crippen LogP contribution in [0.3, 0.4) is 0 Å². The molecule has 0 fully saturated rings. The molecular weight excluding hydrogens is 208 g/mol. The van der Waals surface area contributed by atoms with Gasteiger partial charge in [0.1, 0.15) is 0 Å². The van der Waals surface area contributed by atoms with Crippen LogP contribution >= 0.6 is 0 Å². The summed E-state index contributed by atoms with van der Waals surface area (Å²) in [7, 11) is 0. The van der Waals surface area contributed by atoms with Crippen LogP contribution in [0.15, 0.2) is 12.1 Å². The first-order valence-electron chi connectivity index (χ1n) is 6.29. The molecule has 92 valence electrons. The standard InChI is InChI=1S/C15H22N2/c1-12-9-13(2)15(14(3)10-12)11-17-8-6-4-5-7-16/h9-10,17H,4-6,8,11H2,1-3H3. The Kier molecular flexibility index (Phi) is 5.72. The Bertz CT molecular complexity index is 379. The maximum Gasteiger partial charge on any atom is 0.0621 e. The molecule has 0 aromatic heterocycles. The third-order valence-electron chi connectivity index (χ3n) is 3.03. The van der Waals surface area contributed by atoms with Crippen LogP contribution in [0.25, 0.3) is 0 Å². The first kappa shape index (κ1) is 13.7. The van der Waals surface area contributed by atoms with Crippen LogP contribution in [0.5, 0.6) is 0 Å². The van der Waals surface area contributed by atoms with Gasteiger partial charge in [-0.3, -0.25) is 0 Å². The molecule has 0 heterocycles. The first-order valence-corrected chi connectivity index (χ1v) is 6.29. The van der Waals surface area contributed by atoms with Gasteiger partial charge < -0.3 is 5.32 Å². The lowest BCUT2D eigenvalue weighted by atomic mass is 10.00. The molecule has 0 atom stereocenters. The zero-order valence-electron chi connectivity index (χ0n) is 11.1. The lowest BCUT2D eigenvalue weighted by Gasteiger charge is -2.12. The van der Waals surface area contributed by atoms with Crippen molar-refractivity contribution in [2.24, 2.45) is 0 Å². The summed E-state index contributed by atoms with van der Waals surface area (Å²) < 4.78 is 0. The molecule has 17 heavy (non-hydrogen) atoms. The monoisotopic (exact) mass is 230 g/mol. The Morgan fingerprint density at radius 1 is 1.12 bits per heavy atom. The number of rotatable bonds is 6. The van der Waals surface area contributed by atoms with E-state index < -0.39 is 0 Å². The molecule has 1 aromatic carbocycles. The van der Waals surface area contributed by atoms with E-state index in [1.807, 2.05) is 0 Å². The second kappa shape index (κ2) is 7.09. The molecule has 1 rings (SSSR count). The number of unbranched alkanes of at least 4 members (excludes halogenated alkanes) is 2. The van der Waals surface area contributed by atoms with Gasteiger partial charge in [-0.05, 0) is 56.8 Å². The SMILES string of the molecule is Cc1cc(C)c(CNCCCCC#N)c(C)c1. The summed E-state index contributed by atoms with van der Waals surface area (Å²) in [5, 5.41) is 11.9. The van der Waals surface area contributed by atoms with Crippen molar-refractivity contribution in [3.8, 4) is 6.07 Å². The Labute approximate surface area is 105 Å². The first-order chi connectivity index (χ1) is 8.15. The van der Waals surface area contributed by atoms with Crippen molar-refractivity contribution in [1.29, 1.82) is 5.26 Å². The molecule has 0 saturated carbocycles. The highest BCUT2D eigenvalue weighted by Crippen LogP contribution is 2.15. The third-order valence-corrected chi connectivity index (χ3v) is 3.03. The van der Waals surface area contributed by atoms with Gasteiger partial charge >= 0.3 is 0 Å². The molecule has 0 radical (unpaired) electrons. The van der Waals surface area contributed by atoms with E-state index in [9.17, 15) is 0 Å². The molecule has 0 bridgehead atoms. The van der Waals surface area contributed by atoms with Crippen molar-refractivity contribution in [2.75, 3.05) is 6.54 Å². The van der Waals surface area contributed by atoms with Crippen molar-refractivity contribution in [2.45, 2.75) is 46.6 Å². The molecule has 0 aliphatic carbocycles. The van der Waals surface area contributed by atoms with Gasteiger partial charge in [-0.1, -0.05) is 17.7 Å². The summed E-state index contributed by atoms with van der Waals surface area (Å²) in [6, 6.07) is 6.64. The van der Waals surface area contributed by atoms with Crippen molar-refractivity contribution in [3.05, 3.63) is 34.4 Å². The number of nitrogens with zero attached hydrogens (tertiary/aromatic N) is 1. The molecule has 1 aromatic rings. The quantitative estimate of drug-likeness (QED) is 0.760. The predicted molar refractivity (Wildman–Crippen MR) is 71.8 cm³/mol. The lowest BCUT2D eigenvalue weighted by molar-refractivity contribution is 0.626. The van der Waals surface area contributed by atoms with E-state index in [1.54, 1.807) is 0 Å². The molecule has 0 unspecified atom stereocenters. The van der Waals surface area contributed by atoms with Crippen LogP contribution in [0.4, 0.5) is 0 Å². The van der Waals surface area contributed by atoms with Gasteiger partial charge in [-0.15, -0.1) is 0 Å². The fraction of sp³-hybridized carbons (Fsp3) is 0.533. The van der Waals surface area contributed by atoms with Gasteiger partial charge in [0.2, 0.25) is 0 Å². The van der Waals surface area contributed by atoms with Crippen molar-refractivity contribution in [1.82, 2.24) is 5.32 Å². The zero-order chi connectivity index (χ0) is 12.7. The van der Waals surface area contributed by atoms with Crippen LogP contribution in [-0.2, 0) is 6.54 Å². The number of aryl methyl sites for hydroxylation is 3. The molecule has 0 amide bonds. The average Bonchev–Trinajstić information content (AvgIpc) is 2.26. The fourth-order valence-corrected chi connectivity index (χ4v) is 2.16. The second-order valence-corrected chi connectivity index (χ2v) is 4.67. The number of hydrogen-bond acceptors (Lipinski definition) is 2. The van der Waals surface area contributed by atoms with Crippen LogP contribution < -0.4 is 5.32 Å². The third kappa shape index (κ3) is 4.58. The Morgan fingerprint density at radius 2 is 1.76 bits per heavy atom. The largest absolute Gasteiger partial charge is 0.313 e. The minimum Gasteiger partial charge on any atom is -0.313 e. The summed E-state index contributed by atoms with van der Waals surface area (Å²) in [6.45, 7) is 8.41. The van der Waals surface area contributed by atoms with Gasteiger partial charge in [-0.25, -0.2) is 0 Å². The smallest absolute Gasteiger partial charge is 0.0621 e. The van der Waals surface area contributed by atoms with Crippen LogP contribution in [-0.4, -0.2) is 6.54 Å². The summed E-state index contributed by atoms with van der Waals surface area (Å²) >= 11 is 0. The molecule has 0 aliphatic heterocycles. The average molecular weight is 230 g/mol. The normalized spacial score (nSPS) is 10.2. The van der Waals surface area contributed by atoms with E-state index >= 15 is 0 Å². The van der Waals surface area contributed by atoms with Crippen LogP contribution in [0.2, 0.25) is 0 Å². The van der Waals surface area contributed by atoms with Crippen molar-refractivity contribution < 1.29 is 0 Å². The van der Waals surface area contributed by atoms with Gasteiger partial charge in [0, 0.05) is 13.0 Å². The van der Waals surface area contributed by atoms with Crippen molar-refractivity contribution in [3.63, 3.8) is 0 Å². The predicted octanol–water partition coefficient (Wildman–Crippen LogP) is 3.40. The number of nitrogens with one attached hydrogen (secondary N) is 1. The molecule has 1 N–H and O–H groups in total. The van der Waals surface area contributed by atoms with Crippen LogP contribution in [0, 0.1) is 32.1 Å². The summed E-state index contributed by atoms with van der Waals surface area (Å²) in [5.74, 6) is 0. The summed E-state index contributed by atoms with van der Waals surface area (Å²) in [5.41, 5.74) is 5.48. The highest BCUT2D eigenvalue weighted by Gasteiger charge is 2.02. The Hall–Kier alpha value is -1.33. The Morgan fingerprint density at radius 3 is 2.35 bits per heavy atom. The topological polar surface area (TPSA) is 35.8 Å². The van der Waals surface area contributed by atoms with Crippen molar-refractivity contribution >= 4 is 0 Å². The lowest BCUT2D eigenvalue weighted by Crippen LogP contribution is -2.16. The van der Waals surface area contributed by atoms with E-state index in [1.165, 1.54) is 22.3 Å². The molecule has 0 spiro atoms. The molecule has 0 aliphatic rings. The molecule has 0 saturated heterocycles. The van der Waals surface area contributed by atoms with E-state index in [2.05, 4.69) is 44.3 Å². The molecule has 2 nitrogen and oxygen atoms in total. The van der Waals surface area contributed by atoms with E-state index in [4.69, 9.17) is 5.26 Å². The highest BCUT2D eigenvalue weighted by molar-refractivity contribution is 5.37. The maximum absolute atomic E-state index is 8.43. The highest BCUT2D eigenvalue weighted by atomic mass is 14.8. The number of benzene rings is 1. The number of hydrogen-bond donors (Lipinski definition) is 1. The van der Waals surface area contributed by atoms with E-state index in [0.717, 1.165) is 25.9 Å². The van der Waals surface area contributed by atoms with Gasteiger partial charge in [0.05, 0.1) is 6.07 Å². The minimum atomic E-state index is 0.671.